The molecule has 0 aliphatic carbocycles. The van der Waals surface area contributed by atoms with Crippen LogP contribution in [-0.2, 0) is 14.2 Å². The van der Waals surface area contributed by atoms with Crippen molar-refractivity contribution in [2.45, 2.75) is 56.7 Å². The van der Waals surface area contributed by atoms with Gasteiger partial charge in [-0.05, 0) is 44.5 Å². The molecule has 2 saturated heterocycles. The van der Waals surface area contributed by atoms with Crippen molar-refractivity contribution in [3.63, 3.8) is 0 Å². The first kappa shape index (κ1) is 20.2. The zero-order valence-corrected chi connectivity index (χ0v) is 18.1. The third-order valence-electron chi connectivity index (χ3n) is 5.78. The van der Waals surface area contributed by atoms with Gasteiger partial charge in [-0.25, -0.2) is 9.97 Å². The highest BCUT2D eigenvalue weighted by molar-refractivity contribution is 6.33. The van der Waals surface area contributed by atoms with Crippen molar-refractivity contribution in [3.8, 4) is 0 Å². The van der Waals surface area contributed by atoms with Gasteiger partial charge in [0, 0.05) is 11.2 Å². The first-order chi connectivity index (χ1) is 14.2. The highest BCUT2D eigenvalue weighted by Gasteiger charge is 2.65. The number of halogens is 2. The Morgan fingerprint density at radius 2 is 1.83 bits per heavy atom. The topological polar surface area (TPSA) is 78.6 Å². The monoisotopic (exact) mass is 449 g/mol. The Morgan fingerprint density at radius 3 is 2.57 bits per heavy atom. The molecule has 1 aromatic carbocycles. The summed E-state index contributed by atoms with van der Waals surface area (Å²) in [6.07, 6.45) is 0.548. The average Bonchev–Trinajstić information content (AvgIpc) is 3.29. The Bertz CT molecular complexity index is 1100. The first-order valence-corrected chi connectivity index (χ1v) is 10.4. The van der Waals surface area contributed by atoms with Gasteiger partial charge in [-0.2, -0.15) is 0 Å². The summed E-state index contributed by atoms with van der Waals surface area (Å²) in [5.74, 6) is -0.838. The van der Waals surface area contributed by atoms with Crippen LogP contribution in [0.15, 0.2) is 42.9 Å². The standard InChI is InChI=1S/C21H21Cl2N3O4/c1-20(2)29-16-19(26-9-8-13-17(23)24-10-25-18(13)26)28-15(21(16,3)30-20)14(27)11-4-6-12(22)7-5-11/h4-10,14-16,19,27H,1-3H3/t14?,15-,16+,19-,21-/m1/s1. The summed E-state index contributed by atoms with van der Waals surface area (Å²) in [4.78, 5) is 8.41. The Morgan fingerprint density at radius 1 is 1.10 bits per heavy atom. The lowest BCUT2D eigenvalue weighted by molar-refractivity contribution is -0.223. The van der Waals surface area contributed by atoms with Crippen LogP contribution in [0.5, 0.6) is 0 Å². The predicted octanol–water partition coefficient (Wildman–Crippen LogP) is 4.28. The van der Waals surface area contributed by atoms with E-state index in [2.05, 4.69) is 9.97 Å². The zero-order valence-electron chi connectivity index (χ0n) is 16.6. The number of aromatic nitrogens is 3. The van der Waals surface area contributed by atoms with Crippen molar-refractivity contribution in [1.82, 2.24) is 14.5 Å². The van der Waals surface area contributed by atoms with E-state index in [-0.39, 0.29) is 0 Å². The second kappa shape index (κ2) is 6.88. The molecule has 0 saturated carbocycles. The molecule has 0 spiro atoms. The number of rotatable bonds is 3. The van der Waals surface area contributed by atoms with Crippen LogP contribution in [0.1, 0.15) is 38.7 Å². The third kappa shape index (κ3) is 3.04. The normalized spacial score (nSPS) is 31.2. The molecular formula is C21H21Cl2N3O4. The molecule has 0 radical (unpaired) electrons. The quantitative estimate of drug-likeness (QED) is 0.601. The molecule has 4 heterocycles. The SMILES string of the molecule is CC1(C)O[C@H]2[C@H](n3ccc4c(Cl)ncnc43)O[C@H](C(O)c3ccc(Cl)cc3)[C@@]2(C)O1. The van der Waals surface area contributed by atoms with Crippen LogP contribution in [0.3, 0.4) is 0 Å². The molecule has 3 aromatic rings. The average molecular weight is 450 g/mol. The fourth-order valence-electron chi connectivity index (χ4n) is 4.53. The van der Waals surface area contributed by atoms with Gasteiger partial charge in [0.1, 0.15) is 41.0 Å². The molecule has 158 valence electrons. The largest absolute Gasteiger partial charge is 0.386 e. The molecule has 1 unspecified atom stereocenters. The number of aliphatic hydroxyl groups excluding tert-OH is 1. The van der Waals surface area contributed by atoms with Crippen LogP contribution < -0.4 is 0 Å². The molecule has 30 heavy (non-hydrogen) atoms. The Hall–Kier alpha value is -1.74. The maximum atomic E-state index is 11.2. The maximum Gasteiger partial charge on any atom is 0.165 e. The van der Waals surface area contributed by atoms with Crippen molar-refractivity contribution < 1.29 is 19.3 Å². The molecule has 7 nitrogen and oxygen atoms in total. The highest BCUT2D eigenvalue weighted by Crippen LogP contribution is 2.53. The van der Waals surface area contributed by atoms with Gasteiger partial charge >= 0.3 is 0 Å². The Kier molecular flexibility index (Phi) is 4.63. The number of hydrogen-bond donors (Lipinski definition) is 1. The van der Waals surface area contributed by atoms with E-state index in [0.717, 1.165) is 0 Å². The van der Waals surface area contributed by atoms with Crippen LogP contribution >= 0.6 is 23.2 Å². The number of ether oxygens (including phenoxy) is 3. The fourth-order valence-corrected chi connectivity index (χ4v) is 4.85. The molecule has 9 heteroatoms. The van der Waals surface area contributed by atoms with Gasteiger partial charge in [-0.15, -0.1) is 0 Å². The number of aliphatic hydroxyl groups is 1. The van der Waals surface area contributed by atoms with E-state index >= 15 is 0 Å². The summed E-state index contributed by atoms with van der Waals surface area (Å²) in [5.41, 5.74) is 0.402. The number of nitrogens with zero attached hydrogens (tertiary/aromatic N) is 3. The molecule has 5 atom stereocenters. The van der Waals surface area contributed by atoms with Gasteiger partial charge in [0.05, 0.1) is 5.39 Å². The second-order valence-corrected chi connectivity index (χ2v) is 9.09. The van der Waals surface area contributed by atoms with Crippen LogP contribution in [0.4, 0.5) is 0 Å². The van der Waals surface area contributed by atoms with E-state index in [1.807, 2.05) is 37.6 Å². The summed E-state index contributed by atoms with van der Waals surface area (Å²) >= 11 is 12.2. The molecule has 2 aromatic heterocycles. The summed E-state index contributed by atoms with van der Waals surface area (Å²) in [7, 11) is 0. The first-order valence-electron chi connectivity index (χ1n) is 9.64. The van der Waals surface area contributed by atoms with Crippen molar-refractivity contribution in [1.29, 1.82) is 0 Å². The molecule has 5 rings (SSSR count). The molecular weight excluding hydrogens is 429 g/mol. The number of hydrogen-bond acceptors (Lipinski definition) is 6. The fraction of sp³-hybridized carbons (Fsp3) is 0.429. The van der Waals surface area contributed by atoms with Crippen molar-refractivity contribution in [2.24, 2.45) is 0 Å². The summed E-state index contributed by atoms with van der Waals surface area (Å²) < 4.78 is 20.8. The summed E-state index contributed by atoms with van der Waals surface area (Å²) in [6.45, 7) is 5.61. The Labute approximate surface area is 183 Å². The van der Waals surface area contributed by atoms with Crippen molar-refractivity contribution in [2.75, 3.05) is 0 Å². The molecule has 0 bridgehead atoms. The summed E-state index contributed by atoms with van der Waals surface area (Å²) in [5, 5.41) is 12.9. The van der Waals surface area contributed by atoms with E-state index in [9.17, 15) is 5.11 Å². The molecule has 2 fully saturated rings. The Balaban J connectivity index is 1.58. The van der Waals surface area contributed by atoms with E-state index in [0.29, 0.717) is 26.8 Å². The minimum Gasteiger partial charge on any atom is -0.386 e. The van der Waals surface area contributed by atoms with Crippen LogP contribution in [0, 0.1) is 0 Å². The predicted molar refractivity (Wildman–Crippen MR) is 111 cm³/mol. The minimum absolute atomic E-state index is 0.362. The van der Waals surface area contributed by atoms with Gasteiger partial charge in [0.2, 0.25) is 0 Å². The smallest absolute Gasteiger partial charge is 0.165 e. The summed E-state index contributed by atoms with van der Waals surface area (Å²) in [6, 6.07) is 8.87. The van der Waals surface area contributed by atoms with Gasteiger partial charge in [0.15, 0.2) is 12.0 Å². The van der Waals surface area contributed by atoms with Crippen molar-refractivity contribution >= 4 is 34.2 Å². The maximum absolute atomic E-state index is 11.2. The van der Waals surface area contributed by atoms with Gasteiger partial charge in [-0.1, -0.05) is 35.3 Å². The number of fused-ring (bicyclic) bond motifs is 2. The molecule has 2 aliphatic rings. The van der Waals surface area contributed by atoms with E-state index in [1.54, 1.807) is 24.3 Å². The van der Waals surface area contributed by atoms with Crippen molar-refractivity contribution in [3.05, 3.63) is 58.6 Å². The molecule has 1 N–H and O–H groups in total. The van der Waals surface area contributed by atoms with Crippen LogP contribution in [0.25, 0.3) is 11.0 Å². The molecule has 0 amide bonds. The molecule has 2 aliphatic heterocycles. The number of benzene rings is 1. The lowest BCUT2D eigenvalue weighted by Gasteiger charge is -2.32. The van der Waals surface area contributed by atoms with Gasteiger partial charge in [-0.3, -0.25) is 0 Å². The second-order valence-electron chi connectivity index (χ2n) is 8.29. The van der Waals surface area contributed by atoms with Gasteiger partial charge < -0.3 is 23.9 Å². The minimum atomic E-state index is -0.947. The van der Waals surface area contributed by atoms with E-state index in [4.69, 9.17) is 37.4 Å². The highest BCUT2D eigenvalue weighted by atomic mass is 35.5. The lowest BCUT2D eigenvalue weighted by atomic mass is 9.88. The zero-order chi connectivity index (χ0) is 21.3. The van der Waals surface area contributed by atoms with Crippen LogP contribution in [-0.4, -0.2) is 43.2 Å². The van der Waals surface area contributed by atoms with Gasteiger partial charge in [0.25, 0.3) is 0 Å². The van der Waals surface area contributed by atoms with E-state index < -0.39 is 35.9 Å². The van der Waals surface area contributed by atoms with Crippen LogP contribution in [0.2, 0.25) is 10.2 Å². The van der Waals surface area contributed by atoms with E-state index in [1.165, 1.54) is 6.33 Å². The third-order valence-corrected chi connectivity index (χ3v) is 6.34. The lowest BCUT2D eigenvalue weighted by Crippen LogP contribution is -2.46.